The second kappa shape index (κ2) is 4.42. The summed E-state index contributed by atoms with van der Waals surface area (Å²) in [7, 11) is 2.29. The molecule has 2 heteroatoms. The topological polar surface area (TPSA) is 29.3 Å². The fourth-order valence-corrected chi connectivity index (χ4v) is 3.16. The molecule has 0 aromatic carbocycles. The van der Waals surface area contributed by atoms with Crippen molar-refractivity contribution >= 4 is 0 Å². The molecular weight excluding hydrogens is 184 g/mol. The van der Waals surface area contributed by atoms with E-state index >= 15 is 0 Å². The van der Waals surface area contributed by atoms with Gasteiger partial charge in [0, 0.05) is 12.6 Å². The molecule has 0 amide bonds. The van der Waals surface area contributed by atoms with Crippen molar-refractivity contribution < 1.29 is 0 Å². The van der Waals surface area contributed by atoms with Crippen LogP contribution in [0.1, 0.15) is 45.4 Å². The average Bonchev–Trinajstić information content (AvgIpc) is 2.99. The molecule has 2 aliphatic rings. The van der Waals surface area contributed by atoms with E-state index in [9.17, 15) is 0 Å². The predicted octanol–water partition coefficient (Wildman–Crippen LogP) is 2.24. The number of hydrogen-bond donors (Lipinski definition) is 1. The molecule has 0 aliphatic heterocycles. The summed E-state index contributed by atoms with van der Waals surface area (Å²) in [4.78, 5) is 2.57. The smallest absolute Gasteiger partial charge is 0.00923 e. The van der Waals surface area contributed by atoms with Gasteiger partial charge in [0.1, 0.15) is 0 Å². The van der Waals surface area contributed by atoms with Crippen LogP contribution in [0.2, 0.25) is 0 Å². The van der Waals surface area contributed by atoms with Crippen molar-refractivity contribution in [3.8, 4) is 0 Å². The van der Waals surface area contributed by atoms with Gasteiger partial charge in [0.2, 0.25) is 0 Å². The molecule has 0 aromatic rings. The molecule has 0 spiro atoms. The SMILES string of the molecule is CC(C1CC1)N(C)CC1(CN)CCCC1. The normalized spacial score (nSPS) is 27.2. The van der Waals surface area contributed by atoms with Crippen molar-refractivity contribution in [3.63, 3.8) is 0 Å². The Labute approximate surface area is 94.2 Å². The standard InChI is InChI=1S/C13H26N2/c1-11(12-5-6-12)15(2)10-13(9-14)7-3-4-8-13/h11-12H,3-10,14H2,1-2H3. The molecular formula is C13H26N2. The van der Waals surface area contributed by atoms with Crippen LogP contribution in [-0.2, 0) is 0 Å². The Hall–Kier alpha value is -0.0800. The molecule has 2 fully saturated rings. The molecule has 0 heterocycles. The van der Waals surface area contributed by atoms with Crippen molar-refractivity contribution in [3.05, 3.63) is 0 Å². The van der Waals surface area contributed by atoms with Gasteiger partial charge < -0.3 is 10.6 Å². The number of nitrogens with two attached hydrogens (primary N) is 1. The third-order valence-electron chi connectivity index (χ3n) is 4.68. The molecule has 2 nitrogen and oxygen atoms in total. The molecule has 0 radical (unpaired) electrons. The fourth-order valence-electron chi connectivity index (χ4n) is 3.16. The largest absolute Gasteiger partial charge is 0.330 e. The highest BCUT2D eigenvalue weighted by Crippen LogP contribution is 2.40. The van der Waals surface area contributed by atoms with Crippen molar-refractivity contribution in [2.24, 2.45) is 17.1 Å². The lowest BCUT2D eigenvalue weighted by Gasteiger charge is -2.35. The van der Waals surface area contributed by atoms with Gasteiger partial charge in [-0.05, 0) is 57.5 Å². The molecule has 2 saturated carbocycles. The third-order valence-corrected chi connectivity index (χ3v) is 4.68. The zero-order valence-electron chi connectivity index (χ0n) is 10.3. The molecule has 0 aromatic heterocycles. The van der Waals surface area contributed by atoms with Crippen molar-refractivity contribution in [1.82, 2.24) is 4.90 Å². The molecule has 88 valence electrons. The van der Waals surface area contributed by atoms with Crippen LogP contribution in [0.5, 0.6) is 0 Å². The second-order valence-corrected chi connectivity index (χ2v) is 5.90. The maximum absolute atomic E-state index is 5.98. The van der Waals surface area contributed by atoms with Gasteiger partial charge in [-0.3, -0.25) is 0 Å². The first kappa shape index (κ1) is 11.4. The van der Waals surface area contributed by atoms with Crippen LogP contribution in [0.4, 0.5) is 0 Å². The third kappa shape index (κ3) is 2.54. The van der Waals surface area contributed by atoms with Crippen LogP contribution in [-0.4, -0.2) is 31.1 Å². The van der Waals surface area contributed by atoms with E-state index in [4.69, 9.17) is 5.73 Å². The van der Waals surface area contributed by atoms with E-state index in [0.717, 1.165) is 18.5 Å². The van der Waals surface area contributed by atoms with Crippen LogP contribution in [0.15, 0.2) is 0 Å². The number of nitrogens with zero attached hydrogens (tertiary/aromatic N) is 1. The summed E-state index contributed by atoms with van der Waals surface area (Å²) in [6.07, 6.45) is 8.38. The molecule has 15 heavy (non-hydrogen) atoms. The molecule has 2 rings (SSSR count). The minimum Gasteiger partial charge on any atom is -0.330 e. The van der Waals surface area contributed by atoms with Crippen LogP contribution in [0.25, 0.3) is 0 Å². The summed E-state index contributed by atoms with van der Waals surface area (Å²) in [5.74, 6) is 0.978. The molecule has 0 saturated heterocycles. The van der Waals surface area contributed by atoms with Gasteiger partial charge in [-0.2, -0.15) is 0 Å². The quantitative estimate of drug-likeness (QED) is 0.754. The van der Waals surface area contributed by atoms with Crippen molar-refractivity contribution in [1.29, 1.82) is 0 Å². The van der Waals surface area contributed by atoms with E-state index in [0.29, 0.717) is 5.41 Å². The Morgan fingerprint density at radius 2 is 1.93 bits per heavy atom. The highest BCUT2D eigenvalue weighted by atomic mass is 15.1. The van der Waals surface area contributed by atoms with Gasteiger partial charge in [0.25, 0.3) is 0 Å². The minimum absolute atomic E-state index is 0.456. The maximum Gasteiger partial charge on any atom is 0.00923 e. The van der Waals surface area contributed by atoms with Crippen molar-refractivity contribution in [2.75, 3.05) is 20.1 Å². The predicted molar refractivity (Wildman–Crippen MR) is 64.8 cm³/mol. The Balaban J connectivity index is 1.87. The summed E-state index contributed by atoms with van der Waals surface area (Å²) in [5, 5.41) is 0. The van der Waals surface area contributed by atoms with E-state index in [1.165, 1.54) is 45.1 Å². The zero-order chi connectivity index (χ0) is 10.9. The summed E-state index contributed by atoms with van der Waals surface area (Å²) in [5.41, 5.74) is 6.44. The fraction of sp³-hybridized carbons (Fsp3) is 1.00. The van der Waals surface area contributed by atoms with Crippen LogP contribution in [0.3, 0.4) is 0 Å². The monoisotopic (exact) mass is 210 g/mol. The molecule has 2 aliphatic carbocycles. The van der Waals surface area contributed by atoms with E-state index in [2.05, 4.69) is 18.9 Å². The lowest BCUT2D eigenvalue weighted by Crippen LogP contribution is -2.43. The highest BCUT2D eigenvalue weighted by molar-refractivity contribution is 4.91. The Bertz CT molecular complexity index is 205. The average molecular weight is 210 g/mol. The van der Waals surface area contributed by atoms with Crippen molar-refractivity contribution in [2.45, 2.75) is 51.5 Å². The summed E-state index contributed by atoms with van der Waals surface area (Å²) in [6, 6.07) is 0.772. The van der Waals surface area contributed by atoms with E-state index in [-0.39, 0.29) is 0 Å². The summed E-state index contributed by atoms with van der Waals surface area (Å²) >= 11 is 0. The lowest BCUT2D eigenvalue weighted by molar-refractivity contribution is 0.139. The van der Waals surface area contributed by atoms with Gasteiger partial charge in [0.05, 0.1) is 0 Å². The second-order valence-electron chi connectivity index (χ2n) is 5.90. The van der Waals surface area contributed by atoms with Crippen LogP contribution >= 0.6 is 0 Å². The Kier molecular flexibility index (Phi) is 3.36. The number of rotatable bonds is 5. The first-order valence-electron chi connectivity index (χ1n) is 6.57. The maximum atomic E-state index is 5.98. The van der Waals surface area contributed by atoms with Gasteiger partial charge in [-0.1, -0.05) is 12.8 Å². The summed E-state index contributed by atoms with van der Waals surface area (Å²) in [6.45, 7) is 4.49. The first-order valence-corrected chi connectivity index (χ1v) is 6.57. The lowest BCUT2D eigenvalue weighted by atomic mass is 9.85. The molecule has 1 unspecified atom stereocenters. The Morgan fingerprint density at radius 1 is 1.33 bits per heavy atom. The van der Waals surface area contributed by atoms with E-state index < -0.39 is 0 Å². The molecule has 2 N–H and O–H groups in total. The Morgan fingerprint density at radius 3 is 2.40 bits per heavy atom. The first-order chi connectivity index (χ1) is 7.17. The van der Waals surface area contributed by atoms with E-state index in [1.54, 1.807) is 0 Å². The van der Waals surface area contributed by atoms with Gasteiger partial charge in [-0.25, -0.2) is 0 Å². The number of hydrogen-bond acceptors (Lipinski definition) is 2. The molecule has 1 atom stereocenters. The summed E-state index contributed by atoms with van der Waals surface area (Å²) < 4.78 is 0. The highest BCUT2D eigenvalue weighted by Gasteiger charge is 2.37. The molecule has 0 bridgehead atoms. The van der Waals surface area contributed by atoms with Gasteiger partial charge in [0.15, 0.2) is 0 Å². The van der Waals surface area contributed by atoms with Gasteiger partial charge in [-0.15, -0.1) is 0 Å². The zero-order valence-corrected chi connectivity index (χ0v) is 10.3. The van der Waals surface area contributed by atoms with Crippen LogP contribution in [0, 0.1) is 11.3 Å². The van der Waals surface area contributed by atoms with Gasteiger partial charge >= 0.3 is 0 Å². The van der Waals surface area contributed by atoms with E-state index in [1.807, 2.05) is 0 Å². The minimum atomic E-state index is 0.456. The van der Waals surface area contributed by atoms with Crippen LogP contribution < -0.4 is 5.73 Å².